The molecule has 0 spiro atoms. The summed E-state index contributed by atoms with van der Waals surface area (Å²) in [4.78, 5) is 10.4. The highest BCUT2D eigenvalue weighted by molar-refractivity contribution is 6.05. The third-order valence-electron chi connectivity index (χ3n) is 11.0. The Balaban J connectivity index is 1.16. The van der Waals surface area contributed by atoms with Crippen LogP contribution >= 0.6 is 0 Å². The van der Waals surface area contributed by atoms with Gasteiger partial charge in [-0.15, -0.1) is 0 Å². The Morgan fingerprint density at radius 2 is 0.904 bits per heavy atom. The standard InChI is InChI=1S/C50H34N2/c1-50(36-19-6-3-7-20-36)45-26-13-12-24-41(45)42-28-27-35(31-46(42)50)38-29-30-44(40-23-11-10-22-39(38)40)48-32-47(51-49(52-48)34-16-4-2-5-17-34)43-25-14-18-33-15-8-9-21-37(33)43/h2-32H,1H3. The zero-order valence-corrected chi connectivity index (χ0v) is 28.8. The number of fused-ring (bicyclic) bond motifs is 5. The summed E-state index contributed by atoms with van der Waals surface area (Å²) in [6.45, 7) is 2.38. The van der Waals surface area contributed by atoms with Crippen molar-refractivity contribution in [3.05, 3.63) is 205 Å². The molecule has 2 nitrogen and oxygen atoms in total. The summed E-state index contributed by atoms with van der Waals surface area (Å²) in [5, 5.41) is 4.73. The minimum atomic E-state index is -0.258. The number of nitrogens with zero attached hydrogens (tertiary/aromatic N) is 2. The molecule has 244 valence electrons. The first-order valence-corrected chi connectivity index (χ1v) is 17.9. The highest BCUT2D eigenvalue weighted by Crippen LogP contribution is 2.53. The second-order valence-electron chi connectivity index (χ2n) is 13.9. The van der Waals surface area contributed by atoms with E-state index in [4.69, 9.17) is 9.97 Å². The molecule has 0 fully saturated rings. The average Bonchev–Trinajstić information content (AvgIpc) is 3.48. The predicted octanol–water partition coefficient (Wildman–Crippen LogP) is 12.8. The normalized spacial score (nSPS) is 14.7. The minimum Gasteiger partial charge on any atom is -0.228 e. The van der Waals surface area contributed by atoms with Crippen LogP contribution in [0.25, 0.3) is 77.7 Å². The van der Waals surface area contributed by atoms with Gasteiger partial charge in [-0.05, 0) is 79.5 Å². The monoisotopic (exact) mass is 662 g/mol. The van der Waals surface area contributed by atoms with Crippen LogP contribution in [0.15, 0.2) is 188 Å². The number of hydrogen-bond donors (Lipinski definition) is 0. The van der Waals surface area contributed by atoms with E-state index < -0.39 is 0 Å². The second kappa shape index (κ2) is 12.0. The lowest BCUT2D eigenvalue weighted by molar-refractivity contribution is 0.714. The first-order valence-electron chi connectivity index (χ1n) is 17.9. The molecule has 9 aromatic rings. The Morgan fingerprint density at radius 3 is 1.69 bits per heavy atom. The topological polar surface area (TPSA) is 25.8 Å². The predicted molar refractivity (Wildman–Crippen MR) is 216 cm³/mol. The maximum absolute atomic E-state index is 5.24. The fraction of sp³-hybridized carbons (Fsp3) is 0.0400. The molecule has 0 radical (unpaired) electrons. The molecule has 0 bridgehead atoms. The summed E-state index contributed by atoms with van der Waals surface area (Å²) in [6, 6.07) is 67.6. The molecule has 1 aliphatic rings. The van der Waals surface area contributed by atoms with Crippen molar-refractivity contribution in [3.8, 4) is 56.2 Å². The van der Waals surface area contributed by atoms with Crippen molar-refractivity contribution in [2.45, 2.75) is 12.3 Å². The van der Waals surface area contributed by atoms with E-state index in [0.717, 1.165) is 33.5 Å². The van der Waals surface area contributed by atoms with Crippen molar-refractivity contribution >= 4 is 21.5 Å². The van der Waals surface area contributed by atoms with E-state index >= 15 is 0 Å². The summed E-state index contributed by atoms with van der Waals surface area (Å²) in [6.07, 6.45) is 0. The summed E-state index contributed by atoms with van der Waals surface area (Å²) < 4.78 is 0. The summed E-state index contributed by atoms with van der Waals surface area (Å²) in [5.74, 6) is 0.715. The van der Waals surface area contributed by atoms with Crippen LogP contribution in [0.5, 0.6) is 0 Å². The first-order chi connectivity index (χ1) is 25.7. The van der Waals surface area contributed by atoms with Crippen molar-refractivity contribution in [1.29, 1.82) is 0 Å². The lowest BCUT2D eigenvalue weighted by atomic mass is 9.74. The van der Waals surface area contributed by atoms with Gasteiger partial charge in [-0.1, -0.05) is 176 Å². The van der Waals surface area contributed by atoms with E-state index in [0.29, 0.717) is 5.82 Å². The molecule has 1 aliphatic carbocycles. The Labute approximate surface area is 303 Å². The SMILES string of the molecule is CC1(c2ccccc2)c2ccccc2-c2ccc(-c3ccc(-c4cc(-c5cccc6ccccc56)nc(-c5ccccc5)n4)c4ccccc34)cc21. The van der Waals surface area contributed by atoms with Gasteiger partial charge in [0.15, 0.2) is 5.82 Å². The number of hydrogen-bond acceptors (Lipinski definition) is 2. The molecule has 8 aromatic carbocycles. The Bertz CT molecular complexity index is 2800. The third-order valence-corrected chi connectivity index (χ3v) is 11.0. The fourth-order valence-electron chi connectivity index (χ4n) is 8.40. The molecule has 0 saturated carbocycles. The molecule has 2 heteroatoms. The highest BCUT2D eigenvalue weighted by Gasteiger charge is 2.40. The lowest BCUT2D eigenvalue weighted by Gasteiger charge is -2.28. The molecule has 0 saturated heterocycles. The Hall–Kier alpha value is -6.64. The van der Waals surface area contributed by atoms with Gasteiger partial charge in [0.1, 0.15) is 0 Å². The summed E-state index contributed by atoms with van der Waals surface area (Å²) in [5.41, 5.74) is 13.8. The van der Waals surface area contributed by atoms with Gasteiger partial charge in [0.25, 0.3) is 0 Å². The van der Waals surface area contributed by atoms with E-state index in [1.807, 2.05) is 18.2 Å². The number of benzene rings is 8. The van der Waals surface area contributed by atoms with Crippen molar-refractivity contribution in [3.63, 3.8) is 0 Å². The van der Waals surface area contributed by atoms with Crippen molar-refractivity contribution in [2.24, 2.45) is 0 Å². The third kappa shape index (κ3) is 4.72. The van der Waals surface area contributed by atoms with Gasteiger partial charge in [0.05, 0.1) is 11.4 Å². The average molecular weight is 663 g/mol. The van der Waals surface area contributed by atoms with Crippen LogP contribution in [-0.4, -0.2) is 9.97 Å². The largest absolute Gasteiger partial charge is 0.228 e. The van der Waals surface area contributed by atoms with Gasteiger partial charge in [-0.3, -0.25) is 0 Å². The van der Waals surface area contributed by atoms with Crippen molar-refractivity contribution < 1.29 is 0 Å². The molecule has 0 aliphatic heterocycles. The van der Waals surface area contributed by atoms with Crippen LogP contribution in [0.4, 0.5) is 0 Å². The quantitative estimate of drug-likeness (QED) is 0.183. The van der Waals surface area contributed by atoms with Gasteiger partial charge >= 0.3 is 0 Å². The van der Waals surface area contributed by atoms with E-state index in [2.05, 4.69) is 177 Å². The van der Waals surface area contributed by atoms with Gasteiger partial charge in [0, 0.05) is 22.1 Å². The molecular weight excluding hydrogens is 629 g/mol. The molecule has 1 aromatic heterocycles. The van der Waals surface area contributed by atoms with E-state index in [1.165, 1.54) is 55.1 Å². The molecule has 10 rings (SSSR count). The molecular formula is C50H34N2. The van der Waals surface area contributed by atoms with Crippen molar-refractivity contribution in [2.75, 3.05) is 0 Å². The van der Waals surface area contributed by atoms with E-state index in [-0.39, 0.29) is 5.41 Å². The van der Waals surface area contributed by atoms with Crippen LogP contribution in [0.1, 0.15) is 23.6 Å². The zero-order chi connectivity index (χ0) is 34.6. The van der Waals surface area contributed by atoms with Gasteiger partial charge in [-0.2, -0.15) is 0 Å². The second-order valence-corrected chi connectivity index (χ2v) is 13.9. The maximum Gasteiger partial charge on any atom is 0.160 e. The van der Waals surface area contributed by atoms with E-state index in [1.54, 1.807) is 0 Å². The zero-order valence-electron chi connectivity index (χ0n) is 28.8. The summed E-state index contributed by atoms with van der Waals surface area (Å²) >= 11 is 0. The van der Waals surface area contributed by atoms with Crippen LogP contribution in [-0.2, 0) is 5.41 Å². The Morgan fingerprint density at radius 1 is 0.365 bits per heavy atom. The molecule has 0 N–H and O–H groups in total. The van der Waals surface area contributed by atoms with Gasteiger partial charge in [-0.25, -0.2) is 9.97 Å². The van der Waals surface area contributed by atoms with E-state index in [9.17, 15) is 0 Å². The Kier molecular flexibility index (Phi) is 6.97. The maximum atomic E-state index is 5.24. The lowest BCUT2D eigenvalue weighted by Crippen LogP contribution is -2.22. The molecule has 0 amide bonds. The van der Waals surface area contributed by atoms with Crippen LogP contribution in [0, 0.1) is 0 Å². The van der Waals surface area contributed by atoms with Gasteiger partial charge < -0.3 is 0 Å². The number of rotatable bonds is 5. The minimum absolute atomic E-state index is 0.258. The smallest absolute Gasteiger partial charge is 0.160 e. The molecule has 52 heavy (non-hydrogen) atoms. The van der Waals surface area contributed by atoms with Gasteiger partial charge in [0.2, 0.25) is 0 Å². The van der Waals surface area contributed by atoms with Crippen molar-refractivity contribution in [1.82, 2.24) is 9.97 Å². The van der Waals surface area contributed by atoms with Crippen LogP contribution in [0.2, 0.25) is 0 Å². The molecule has 1 unspecified atom stereocenters. The highest BCUT2D eigenvalue weighted by atomic mass is 14.9. The molecule has 1 atom stereocenters. The first kappa shape index (κ1) is 30.2. The van der Waals surface area contributed by atoms with Crippen LogP contribution < -0.4 is 0 Å². The fourth-order valence-corrected chi connectivity index (χ4v) is 8.40. The van der Waals surface area contributed by atoms with Crippen LogP contribution in [0.3, 0.4) is 0 Å². The number of aromatic nitrogens is 2. The summed E-state index contributed by atoms with van der Waals surface area (Å²) in [7, 11) is 0. The molecule has 1 heterocycles.